The molecule has 0 N–H and O–H groups in total. The van der Waals surface area contributed by atoms with Crippen LogP contribution in [0.4, 0.5) is 0 Å². The van der Waals surface area contributed by atoms with E-state index >= 15 is 0 Å². The fourth-order valence-electron chi connectivity index (χ4n) is 2.30. The maximum Gasteiger partial charge on any atom is 0.339 e. The van der Waals surface area contributed by atoms with Crippen LogP contribution in [0.15, 0.2) is 30.5 Å². The summed E-state index contributed by atoms with van der Waals surface area (Å²) in [6.07, 6.45) is 1.53. The van der Waals surface area contributed by atoms with E-state index < -0.39 is 0 Å². The fraction of sp³-hybridized carbons (Fsp3) is 0.412. The average molecular weight is 302 g/mol. The SMILES string of the molecule is CCN(CC)CCOC(=O)c1cnc2c(OC)cccc2c1. The van der Waals surface area contributed by atoms with Crippen LogP contribution >= 0.6 is 0 Å². The van der Waals surface area contributed by atoms with Crippen molar-refractivity contribution < 1.29 is 14.3 Å². The summed E-state index contributed by atoms with van der Waals surface area (Å²) in [5.74, 6) is 0.350. The van der Waals surface area contributed by atoms with Crippen LogP contribution in [0, 0.1) is 0 Å². The van der Waals surface area contributed by atoms with Crippen molar-refractivity contribution in [3.63, 3.8) is 0 Å². The quantitative estimate of drug-likeness (QED) is 0.736. The van der Waals surface area contributed by atoms with Gasteiger partial charge in [-0.2, -0.15) is 0 Å². The summed E-state index contributed by atoms with van der Waals surface area (Å²) in [6, 6.07) is 7.40. The Morgan fingerprint density at radius 3 is 2.73 bits per heavy atom. The number of nitrogens with zero attached hydrogens (tertiary/aromatic N) is 2. The third-order valence-corrected chi connectivity index (χ3v) is 3.66. The minimum Gasteiger partial charge on any atom is -0.494 e. The number of hydrogen-bond acceptors (Lipinski definition) is 5. The lowest BCUT2D eigenvalue weighted by molar-refractivity contribution is 0.0466. The molecule has 118 valence electrons. The summed E-state index contributed by atoms with van der Waals surface area (Å²) < 4.78 is 10.6. The average Bonchev–Trinajstić information content (AvgIpc) is 2.57. The molecule has 1 heterocycles. The molecular formula is C17H22N2O3. The van der Waals surface area contributed by atoms with E-state index in [4.69, 9.17) is 9.47 Å². The van der Waals surface area contributed by atoms with Crippen molar-refractivity contribution in [1.29, 1.82) is 0 Å². The molecule has 2 rings (SSSR count). The predicted molar refractivity (Wildman–Crippen MR) is 86.4 cm³/mol. The van der Waals surface area contributed by atoms with Gasteiger partial charge in [0.1, 0.15) is 17.9 Å². The molecule has 0 aliphatic heterocycles. The highest BCUT2D eigenvalue weighted by molar-refractivity contribution is 5.95. The van der Waals surface area contributed by atoms with Crippen molar-refractivity contribution >= 4 is 16.9 Å². The minimum atomic E-state index is -0.343. The molecule has 0 unspecified atom stereocenters. The topological polar surface area (TPSA) is 51.7 Å². The smallest absolute Gasteiger partial charge is 0.339 e. The molecule has 5 heteroatoms. The highest BCUT2D eigenvalue weighted by atomic mass is 16.5. The summed E-state index contributed by atoms with van der Waals surface area (Å²) in [4.78, 5) is 18.6. The first-order valence-electron chi connectivity index (χ1n) is 7.51. The molecule has 0 atom stereocenters. The van der Waals surface area contributed by atoms with Crippen LogP contribution in [0.1, 0.15) is 24.2 Å². The molecular weight excluding hydrogens is 280 g/mol. The van der Waals surface area contributed by atoms with Gasteiger partial charge in [-0.15, -0.1) is 0 Å². The van der Waals surface area contributed by atoms with E-state index in [2.05, 4.69) is 23.7 Å². The van der Waals surface area contributed by atoms with Crippen molar-refractivity contribution in [2.45, 2.75) is 13.8 Å². The number of likely N-dealkylation sites (N-methyl/N-ethyl adjacent to an activating group) is 1. The van der Waals surface area contributed by atoms with Crippen LogP contribution in [0.3, 0.4) is 0 Å². The molecule has 0 saturated heterocycles. The number of benzene rings is 1. The Hall–Kier alpha value is -2.14. The molecule has 22 heavy (non-hydrogen) atoms. The maximum atomic E-state index is 12.1. The van der Waals surface area contributed by atoms with Crippen molar-refractivity contribution in [1.82, 2.24) is 9.88 Å². The third-order valence-electron chi connectivity index (χ3n) is 3.66. The van der Waals surface area contributed by atoms with Crippen molar-refractivity contribution in [2.24, 2.45) is 0 Å². The van der Waals surface area contributed by atoms with Gasteiger partial charge in [0.15, 0.2) is 0 Å². The van der Waals surface area contributed by atoms with Crippen LogP contribution in [0.25, 0.3) is 10.9 Å². The molecule has 2 aromatic rings. The van der Waals surface area contributed by atoms with Gasteiger partial charge in [0.2, 0.25) is 0 Å². The number of carbonyl (C=O) groups is 1. The Morgan fingerprint density at radius 1 is 1.27 bits per heavy atom. The van der Waals surface area contributed by atoms with E-state index in [0.717, 1.165) is 30.5 Å². The molecule has 1 aromatic heterocycles. The molecule has 0 saturated carbocycles. The number of pyridine rings is 1. The van der Waals surface area contributed by atoms with E-state index in [0.29, 0.717) is 17.9 Å². The fourth-order valence-corrected chi connectivity index (χ4v) is 2.30. The second kappa shape index (κ2) is 7.75. The van der Waals surface area contributed by atoms with Gasteiger partial charge in [0, 0.05) is 18.1 Å². The Morgan fingerprint density at radius 2 is 2.05 bits per heavy atom. The standard InChI is InChI=1S/C17H22N2O3/c1-4-19(5-2)9-10-22-17(20)14-11-13-7-6-8-15(21-3)16(13)18-12-14/h6-8,11-12H,4-5,9-10H2,1-3H3. The zero-order valence-electron chi connectivity index (χ0n) is 13.3. The number of ether oxygens (including phenoxy) is 2. The second-order valence-electron chi connectivity index (χ2n) is 4.92. The number of esters is 1. The second-order valence-corrected chi connectivity index (χ2v) is 4.92. The molecule has 0 fully saturated rings. The zero-order chi connectivity index (χ0) is 15.9. The molecule has 0 aliphatic carbocycles. The predicted octanol–water partition coefficient (Wildman–Crippen LogP) is 2.74. The Balaban J connectivity index is 2.06. The van der Waals surface area contributed by atoms with Crippen LogP contribution in [0.2, 0.25) is 0 Å². The van der Waals surface area contributed by atoms with Gasteiger partial charge < -0.3 is 14.4 Å². The van der Waals surface area contributed by atoms with Gasteiger partial charge in [-0.3, -0.25) is 4.98 Å². The third kappa shape index (κ3) is 3.74. The van der Waals surface area contributed by atoms with E-state index in [-0.39, 0.29) is 5.97 Å². The van der Waals surface area contributed by atoms with Crippen LogP contribution < -0.4 is 4.74 Å². The van der Waals surface area contributed by atoms with Crippen molar-refractivity contribution in [2.75, 3.05) is 33.4 Å². The van der Waals surface area contributed by atoms with Crippen LogP contribution in [-0.4, -0.2) is 49.2 Å². The number of methoxy groups -OCH3 is 1. The Bertz CT molecular complexity index is 639. The van der Waals surface area contributed by atoms with Crippen molar-refractivity contribution in [3.8, 4) is 5.75 Å². The van der Waals surface area contributed by atoms with Gasteiger partial charge in [-0.1, -0.05) is 26.0 Å². The number of fused-ring (bicyclic) bond motifs is 1. The Labute approximate surface area is 130 Å². The lowest BCUT2D eigenvalue weighted by Gasteiger charge is -2.17. The van der Waals surface area contributed by atoms with E-state index in [9.17, 15) is 4.79 Å². The first-order chi connectivity index (χ1) is 10.7. The van der Waals surface area contributed by atoms with Gasteiger partial charge in [-0.05, 0) is 25.2 Å². The highest BCUT2D eigenvalue weighted by Gasteiger charge is 2.11. The summed E-state index contributed by atoms with van der Waals surface area (Å²) in [5, 5.41) is 0.859. The summed E-state index contributed by atoms with van der Waals surface area (Å²) in [6.45, 7) is 7.21. The van der Waals surface area contributed by atoms with Gasteiger partial charge >= 0.3 is 5.97 Å². The molecule has 0 spiro atoms. The maximum absolute atomic E-state index is 12.1. The normalized spacial score (nSPS) is 10.9. The monoisotopic (exact) mass is 302 g/mol. The highest BCUT2D eigenvalue weighted by Crippen LogP contribution is 2.23. The number of carbonyl (C=O) groups excluding carboxylic acids is 1. The number of hydrogen-bond donors (Lipinski definition) is 0. The largest absolute Gasteiger partial charge is 0.494 e. The van der Waals surface area contributed by atoms with Gasteiger partial charge in [0.25, 0.3) is 0 Å². The first-order valence-corrected chi connectivity index (χ1v) is 7.51. The van der Waals surface area contributed by atoms with E-state index in [1.54, 1.807) is 13.2 Å². The van der Waals surface area contributed by atoms with Crippen LogP contribution in [0.5, 0.6) is 5.75 Å². The first kappa shape index (κ1) is 16.2. The zero-order valence-corrected chi connectivity index (χ0v) is 13.3. The summed E-state index contributed by atoms with van der Waals surface area (Å²) >= 11 is 0. The van der Waals surface area contributed by atoms with E-state index in [1.807, 2.05) is 18.2 Å². The lowest BCUT2D eigenvalue weighted by atomic mass is 10.1. The van der Waals surface area contributed by atoms with Crippen molar-refractivity contribution in [3.05, 3.63) is 36.0 Å². The minimum absolute atomic E-state index is 0.343. The Kier molecular flexibility index (Phi) is 5.72. The number of para-hydroxylation sites is 1. The van der Waals surface area contributed by atoms with Crippen LogP contribution in [-0.2, 0) is 4.74 Å². The number of aromatic nitrogens is 1. The van der Waals surface area contributed by atoms with E-state index in [1.165, 1.54) is 6.20 Å². The van der Waals surface area contributed by atoms with Gasteiger partial charge in [0.05, 0.1) is 12.7 Å². The van der Waals surface area contributed by atoms with Gasteiger partial charge in [-0.25, -0.2) is 4.79 Å². The molecule has 0 radical (unpaired) electrons. The molecule has 0 bridgehead atoms. The summed E-state index contributed by atoms with van der Waals surface area (Å²) in [5.41, 5.74) is 1.20. The summed E-state index contributed by atoms with van der Waals surface area (Å²) in [7, 11) is 1.60. The molecule has 1 aromatic carbocycles. The molecule has 0 amide bonds. The lowest BCUT2D eigenvalue weighted by Crippen LogP contribution is -2.27. The molecule has 0 aliphatic rings. The molecule has 5 nitrogen and oxygen atoms in total. The number of rotatable bonds is 7.